The van der Waals surface area contributed by atoms with Gasteiger partial charge in [-0.15, -0.1) is 10.2 Å². The van der Waals surface area contributed by atoms with Crippen LogP contribution in [0.25, 0.3) is 5.65 Å². The monoisotopic (exact) mass is 203 g/mol. The first kappa shape index (κ1) is 8.79. The Balaban J connectivity index is 2.02. The topological polar surface area (TPSA) is 55.1 Å². The first-order valence-electron chi connectivity index (χ1n) is 5.30. The smallest absolute Gasteiger partial charge is 0.179 e. The molecule has 1 saturated heterocycles. The van der Waals surface area contributed by atoms with Gasteiger partial charge in [0.1, 0.15) is 5.82 Å². The zero-order valence-electron chi connectivity index (χ0n) is 8.43. The van der Waals surface area contributed by atoms with Crippen molar-refractivity contribution in [1.29, 1.82) is 0 Å². The summed E-state index contributed by atoms with van der Waals surface area (Å²) in [5.74, 6) is 1.54. The van der Waals surface area contributed by atoms with Gasteiger partial charge in [-0.2, -0.15) is 0 Å². The van der Waals surface area contributed by atoms with E-state index < -0.39 is 0 Å². The zero-order valence-corrected chi connectivity index (χ0v) is 8.43. The third-order valence-corrected chi connectivity index (χ3v) is 2.90. The molecule has 0 unspecified atom stereocenters. The van der Waals surface area contributed by atoms with Crippen molar-refractivity contribution in [2.45, 2.75) is 18.8 Å². The van der Waals surface area contributed by atoms with E-state index in [-0.39, 0.29) is 0 Å². The molecule has 0 bridgehead atoms. The molecule has 0 amide bonds. The van der Waals surface area contributed by atoms with Crippen molar-refractivity contribution >= 4 is 5.65 Å². The summed E-state index contributed by atoms with van der Waals surface area (Å²) < 4.78 is 2.03. The highest BCUT2D eigenvalue weighted by molar-refractivity contribution is 5.34. The van der Waals surface area contributed by atoms with E-state index in [0.29, 0.717) is 5.92 Å². The van der Waals surface area contributed by atoms with Crippen LogP contribution in [0.2, 0.25) is 0 Å². The lowest BCUT2D eigenvalue weighted by Gasteiger charge is -2.20. The van der Waals surface area contributed by atoms with Crippen LogP contribution in [0.1, 0.15) is 24.6 Å². The molecular formula is C10H13N5. The molecule has 78 valence electrons. The Morgan fingerprint density at radius 3 is 3.27 bits per heavy atom. The minimum atomic E-state index is 0.483. The largest absolute Gasteiger partial charge is 0.316 e. The Morgan fingerprint density at radius 2 is 2.40 bits per heavy atom. The minimum absolute atomic E-state index is 0.483. The molecule has 1 N–H and O–H groups in total. The van der Waals surface area contributed by atoms with E-state index in [1.165, 1.54) is 12.8 Å². The van der Waals surface area contributed by atoms with Gasteiger partial charge in [-0.25, -0.2) is 0 Å². The molecule has 0 aromatic carbocycles. The van der Waals surface area contributed by atoms with Crippen LogP contribution in [0.15, 0.2) is 18.6 Å². The second-order valence-electron chi connectivity index (χ2n) is 3.91. The molecule has 3 heterocycles. The highest BCUT2D eigenvalue weighted by Crippen LogP contribution is 2.21. The maximum Gasteiger partial charge on any atom is 0.179 e. The molecule has 1 atom stereocenters. The summed E-state index contributed by atoms with van der Waals surface area (Å²) in [4.78, 5) is 4.03. The van der Waals surface area contributed by atoms with E-state index in [0.717, 1.165) is 24.6 Å². The molecule has 0 saturated carbocycles. The van der Waals surface area contributed by atoms with Gasteiger partial charge in [0.25, 0.3) is 0 Å². The first-order valence-corrected chi connectivity index (χ1v) is 5.30. The van der Waals surface area contributed by atoms with Crippen LogP contribution in [0, 0.1) is 0 Å². The van der Waals surface area contributed by atoms with E-state index in [4.69, 9.17) is 0 Å². The van der Waals surface area contributed by atoms with Gasteiger partial charge in [-0.05, 0) is 19.4 Å². The van der Waals surface area contributed by atoms with Gasteiger partial charge in [0.2, 0.25) is 0 Å². The minimum Gasteiger partial charge on any atom is -0.316 e. The lowest BCUT2D eigenvalue weighted by molar-refractivity contribution is 0.444. The van der Waals surface area contributed by atoms with Crippen molar-refractivity contribution < 1.29 is 0 Å². The fourth-order valence-corrected chi connectivity index (χ4v) is 2.12. The Bertz CT molecular complexity index is 458. The summed E-state index contributed by atoms with van der Waals surface area (Å²) in [6, 6.07) is 0. The normalized spacial score (nSPS) is 22.0. The van der Waals surface area contributed by atoms with Crippen molar-refractivity contribution in [3.05, 3.63) is 24.4 Å². The number of fused-ring (bicyclic) bond motifs is 1. The molecule has 0 aliphatic carbocycles. The SMILES string of the molecule is c1cn2c([C@@H]3CCCNC3)nnc2cn1. The molecule has 2 aromatic heterocycles. The standard InChI is InChI=1S/C10H13N5/c1-2-8(6-11-3-1)10-14-13-9-7-12-4-5-15(9)10/h4-5,7-8,11H,1-3,6H2/t8-/m1/s1. The average molecular weight is 203 g/mol. The summed E-state index contributed by atoms with van der Waals surface area (Å²) >= 11 is 0. The van der Waals surface area contributed by atoms with Crippen molar-refractivity contribution in [2.75, 3.05) is 13.1 Å². The quantitative estimate of drug-likeness (QED) is 0.737. The molecule has 5 nitrogen and oxygen atoms in total. The summed E-state index contributed by atoms with van der Waals surface area (Å²) in [6.07, 6.45) is 7.85. The summed E-state index contributed by atoms with van der Waals surface area (Å²) in [5, 5.41) is 11.8. The van der Waals surface area contributed by atoms with Crippen LogP contribution < -0.4 is 5.32 Å². The lowest BCUT2D eigenvalue weighted by Crippen LogP contribution is -2.29. The van der Waals surface area contributed by atoms with Gasteiger partial charge in [0, 0.05) is 24.9 Å². The number of nitrogens with zero attached hydrogens (tertiary/aromatic N) is 4. The van der Waals surface area contributed by atoms with Gasteiger partial charge in [-0.1, -0.05) is 0 Å². The molecular weight excluding hydrogens is 190 g/mol. The van der Waals surface area contributed by atoms with Crippen molar-refractivity contribution in [2.24, 2.45) is 0 Å². The maximum atomic E-state index is 4.25. The van der Waals surface area contributed by atoms with Gasteiger partial charge in [0.15, 0.2) is 5.65 Å². The van der Waals surface area contributed by atoms with Gasteiger partial charge >= 0.3 is 0 Å². The number of nitrogens with one attached hydrogen (secondary N) is 1. The van der Waals surface area contributed by atoms with Crippen LogP contribution in [0.5, 0.6) is 0 Å². The third kappa shape index (κ3) is 1.48. The van der Waals surface area contributed by atoms with E-state index in [9.17, 15) is 0 Å². The third-order valence-electron chi connectivity index (χ3n) is 2.90. The van der Waals surface area contributed by atoms with Gasteiger partial charge in [0.05, 0.1) is 6.20 Å². The van der Waals surface area contributed by atoms with Crippen molar-refractivity contribution in [1.82, 2.24) is 24.9 Å². The molecule has 0 radical (unpaired) electrons. The van der Waals surface area contributed by atoms with E-state index in [2.05, 4.69) is 20.5 Å². The fraction of sp³-hybridized carbons (Fsp3) is 0.500. The van der Waals surface area contributed by atoms with E-state index in [1.807, 2.05) is 10.6 Å². The number of rotatable bonds is 1. The second-order valence-corrected chi connectivity index (χ2v) is 3.91. The highest BCUT2D eigenvalue weighted by Gasteiger charge is 2.20. The van der Waals surface area contributed by atoms with Crippen molar-refractivity contribution in [3.8, 4) is 0 Å². The summed E-state index contributed by atoms with van der Waals surface area (Å²) in [7, 11) is 0. The molecule has 0 spiro atoms. The van der Waals surface area contributed by atoms with E-state index >= 15 is 0 Å². The van der Waals surface area contributed by atoms with Gasteiger partial charge < -0.3 is 5.32 Å². The van der Waals surface area contributed by atoms with Crippen LogP contribution in [0.3, 0.4) is 0 Å². The van der Waals surface area contributed by atoms with Gasteiger partial charge in [-0.3, -0.25) is 9.38 Å². The molecule has 3 rings (SSSR count). The number of aromatic nitrogens is 4. The zero-order chi connectivity index (χ0) is 10.1. The molecule has 2 aromatic rings. The Kier molecular flexibility index (Phi) is 2.10. The number of hydrogen-bond acceptors (Lipinski definition) is 4. The van der Waals surface area contributed by atoms with Crippen LogP contribution in [-0.2, 0) is 0 Å². The predicted molar refractivity (Wildman–Crippen MR) is 55.6 cm³/mol. The lowest BCUT2D eigenvalue weighted by atomic mass is 9.99. The Hall–Kier alpha value is -1.49. The summed E-state index contributed by atoms with van der Waals surface area (Å²) in [5.41, 5.74) is 0.832. The predicted octanol–water partition coefficient (Wildman–Crippen LogP) is 0.591. The number of hydrogen-bond donors (Lipinski definition) is 1. The highest BCUT2D eigenvalue weighted by atomic mass is 15.3. The fourth-order valence-electron chi connectivity index (χ4n) is 2.12. The molecule has 5 heteroatoms. The van der Waals surface area contributed by atoms with Crippen LogP contribution in [-0.4, -0.2) is 32.7 Å². The van der Waals surface area contributed by atoms with Crippen molar-refractivity contribution in [3.63, 3.8) is 0 Å². The molecule has 1 aliphatic heterocycles. The average Bonchev–Trinajstić information content (AvgIpc) is 2.74. The van der Waals surface area contributed by atoms with E-state index in [1.54, 1.807) is 12.4 Å². The molecule has 15 heavy (non-hydrogen) atoms. The Morgan fingerprint density at radius 1 is 1.40 bits per heavy atom. The first-order chi connectivity index (χ1) is 7.45. The molecule has 1 aliphatic rings. The van der Waals surface area contributed by atoms with Crippen LogP contribution in [0.4, 0.5) is 0 Å². The molecule has 1 fully saturated rings. The summed E-state index contributed by atoms with van der Waals surface area (Å²) in [6.45, 7) is 2.12. The maximum absolute atomic E-state index is 4.25. The number of piperidine rings is 1. The Labute approximate surface area is 87.5 Å². The van der Waals surface area contributed by atoms with Crippen LogP contribution >= 0.6 is 0 Å². The second kappa shape index (κ2) is 3.58.